The van der Waals surface area contributed by atoms with Gasteiger partial charge in [0.2, 0.25) is 5.89 Å². The van der Waals surface area contributed by atoms with E-state index in [-0.39, 0.29) is 5.92 Å². The number of hydrogen-bond acceptors (Lipinski definition) is 7. The quantitative estimate of drug-likeness (QED) is 0.814. The molecule has 1 saturated heterocycles. The monoisotopic (exact) mass is 270 g/mol. The molecule has 1 atom stereocenters. The summed E-state index contributed by atoms with van der Waals surface area (Å²) in [5.41, 5.74) is 0.359. The molecule has 20 heavy (non-hydrogen) atoms. The van der Waals surface area contributed by atoms with E-state index >= 15 is 0 Å². The van der Waals surface area contributed by atoms with Crippen LogP contribution in [0.3, 0.4) is 0 Å². The summed E-state index contributed by atoms with van der Waals surface area (Å²) in [6, 6.07) is 2.09. The molecular formula is C13H14N6O. The van der Waals surface area contributed by atoms with Crippen molar-refractivity contribution < 1.29 is 4.52 Å². The number of rotatable bonds is 2. The summed E-state index contributed by atoms with van der Waals surface area (Å²) >= 11 is 0. The van der Waals surface area contributed by atoms with Crippen LogP contribution in [-0.4, -0.2) is 33.2 Å². The first-order valence-electron chi connectivity index (χ1n) is 6.54. The van der Waals surface area contributed by atoms with Crippen LogP contribution in [-0.2, 0) is 0 Å². The second-order valence-corrected chi connectivity index (χ2v) is 4.80. The summed E-state index contributed by atoms with van der Waals surface area (Å²) in [5.74, 6) is 2.15. The normalized spacial score (nSPS) is 18.8. The zero-order valence-corrected chi connectivity index (χ0v) is 11.2. The third kappa shape index (κ3) is 2.32. The molecule has 0 bridgehead atoms. The summed E-state index contributed by atoms with van der Waals surface area (Å²) in [6.07, 6.45) is 5.15. The van der Waals surface area contributed by atoms with Crippen LogP contribution in [0.15, 0.2) is 16.9 Å². The molecule has 0 amide bonds. The van der Waals surface area contributed by atoms with Gasteiger partial charge >= 0.3 is 0 Å². The van der Waals surface area contributed by atoms with Crippen LogP contribution in [0.5, 0.6) is 0 Å². The SMILES string of the molecule is Cc1nc([C@@H]2CCCN(c3nccnc3C#N)C2)no1. The summed E-state index contributed by atoms with van der Waals surface area (Å²) in [4.78, 5) is 14.7. The first-order valence-corrected chi connectivity index (χ1v) is 6.54. The third-order valence-corrected chi connectivity index (χ3v) is 3.41. The molecule has 0 unspecified atom stereocenters. The zero-order chi connectivity index (χ0) is 13.9. The highest BCUT2D eigenvalue weighted by Gasteiger charge is 2.27. The highest BCUT2D eigenvalue weighted by Crippen LogP contribution is 2.28. The first-order chi connectivity index (χ1) is 9.78. The van der Waals surface area contributed by atoms with Gasteiger partial charge in [-0.3, -0.25) is 0 Å². The highest BCUT2D eigenvalue weighted by molar-refractivity contribution is 5.50. The second-order valence-electron chi connectivity index (χ2n) is 4.80. The lowest BCUT2D eigenvalue weighted by Gasteiger charge is -2.32. The van der Waals surface area contributed by atoms with Crippen molar-refractivity contribution >= 4 is 5.82 Å². The van der Waals surface area contributed by atoms with Gasteiger partial charge in [0.15, 0.2) is 17.3 Å². The highest BCUT2D eigenvalue weighted by atomic mass is 16.5. The smallest absolute Gasteiger partial charge is 0.223 e. The maximum atomic E-state index is 9.12. The Kier molecular flexibility index (Phi) is 3.29. The molecule has 102 valence electrons. The van der Waals surface area contributed by atoms with Gasteiger partial charge in [-0.15, -0.1) is 0 Å². The number of aryl methyl sites for hydroxylation is 1. The van der Waals surface area contributed by atoms with Gasteiger partial charge in [0.25, 0.3) is 0 Å². The van der Waals surface area contributed by atoms with Gasteiger partial charge < -0.3 is 9.42 Å². The van der Waals surface area contributed by atoms with E-state index < -0.39 is 0 Å². The summed E-state index contributed by atoms with van der Waals surface area (Å²) in [6.45, 7) is 3.38. The molecule has 1 aliphatic heterocycles. The lowest BCUT2D eigenvalue weighted by atomic mass is 9.97. The average Bonchev–Trinajstić information content (AvgIpc) is 2.94. The van der Waals surface area contributed by atoms with Crippen molar-refractivity contribution in [3.05, 3.63) is 29.8 Å². The number of aromatic nitrogens is 4. The van der Waals surface area contributed by atoms with Crippen LogP contribution < -0.4 is 4.90 Å². The van der Waals surface area contributed by atoms with Crippen molar-refractivity contribution in [2.75, 3.05) is 18.0 Å². The average molecular weight is 270 g/mol. The van der Waals surface area contributed by atoms with E-state index in [2.05, 4.69) is 31.1 Å². The van der Waals surface area contributed by atoms with Crippen molar-refractivity contribution in [3.63, 3.8) is 0 Å². The lowest BCUT2D eigenvalue weighted by Crippen LogP contribution is -2.36. The predicted octanol–water partition coefficient (Wildman–Crippen LogP) is 1.42. The Morgan fingerprint density at radius 1 is 1.40 bits per heavy atom. The molecule has 3 rings (SSSR count). The maximum absolute atomic E-state index is 9.12. The molecule has 0 aromatic carbocycles. The minimum atomic E-state index is 0.203. The van der Waals surface area contributed by atoms with Gasteiger partial charge in [-0.1, -0.05) is 5.16 Å². The minimum Gasteiger partial charge on any atom is -0.353 e. The Morgan fingerprint density at radius 2 is 2.25 bits per heavy atom. The van der Waals surface area contributed by atoms with Crippen molar-refractivity contribution in [2.45, 2.75) is 25.7 Å². The summed E-state index contributed by atoms with van der Waals surface area (Å²) in [5, 5.41) is 13.1. The second kappa shape index (κ2) is 5.25. The fourth-order valence-corrected chi connectivity index (χ4v) is 2.50. The Hall–Kier alpha value is -2.49. The van der Waals surface area contributed by atoms with Crippen LogP contribution in [0.4, 0.5) is 5.82 Å². The number of anilines is 1. The van der Waals surface area contributed by atoms with Gasteiger partial charge in [0.1, 0.15) is 6.07 Å². The van der Waals surface area contributed by atoms with Crippen LogP contribution >= 0.6 is 0 Å². The number of nitriles is 1. The lowest BCUT2D eigenvalue weighted by molar-refractivity contribution is 0.376. The van der Waals surface area contributed by atoms with E-state index in [0.717, 1.165) is 31.8 Å². The van der Waals surface area contributed by atoms with Crippen LogP contribution in [0.1, 0.15) is 36.2 Å². The molecule has 1 fully saturated rings. The summed E-state index contributed by atoms with van der Waals surface area (Å²) < 4.78 is 5.04. The van der Waals surface area contributed by atoms with Crippen LogP contribution in [0, 0.1) is 18.3 Å². The molecule has 7 nitrogen and oxygen atoms in total. The molecule has 0 spiro atoms. The van der Waals surface area contributed by atoms with Crippen molar-refractivity contribution in [1.29, 1.82) is 5.26 Å². The van der Waals surface area contributed by atoms with Crippen LogP contribution in [0.2, 0.25) is 0 Å². The van der Waals surface area contributed by atoms with Crippen LogP contribution in [0.25, 0.3) is 0 Å². The fourth-order valence-electron chi connectivity index (χ4n) is 2.50. The summed E-state index contributed by atoms with van der Waals surface area (Å²) in [7, 11) is 0. The maximum Gasteiger partial charge on any atom is 0.223 e. The molecule has 0 N–H and O–H groups in total. The molecular weight excluding hydrogens is 256 g/mol. The van der Waals surface area contributed by atoms with E-state index in [0.29, 0.717) is 17.4 Å². The first kappa shape index (κ1) is 12.5. The number of piperidine rings is 1. The van der Waals surface area contributed by atoms with E-state index in [9.17, 15) is 0 Å². The van der Waals surface area contributed by atoms with Gasteiger partial charge in [0.05, 0.1) is 0 Å². The molecule has 2 aromatic rings. The topological polar surface area (TPSA) is 91.7 Å². The largest absolute Gasteiger partial charge is 0.353 e. The standard InChI is InChI=1S/C13H14N6O/c1-9-17-12(18-20-9)10-3-2-6-19(8-10)13-11(7-14)15-4-5-16-13/h4-5,10H,2-3,6,8H2,1H3/t10-/m1/s1. The number of hydrogen-bond donors (Lipinski definition) is 0. The van der Waals surface area contributed by atoms with Crippen molar-refractivity contribution in [1.82, 2.24) is 20.1 Å². The Bertz CT molecular complexity index is 646. The minimum absolute atomic E-state index is 0.203. The molecule has 0 saturated carbocycles. The van der Waals surface area contributed by atoms with Gasteiger partial charge in [-0.05, 0) is 12.8 Å². The van der Waals surface area contributed by atoms with E-state index in [4.69, 9.17) is 9.78 Å². The van der Waals surface area contributed by atoms with Gasteiger partial charge in [-0.25, -0.2) is 9.97 Å². The molecule has 0 aliphatic carbocycles. The molecule has 0 radical (unpaired) electrons. The fraction of sp³-hybridized carbons (Fsp3) is 0.462. The third-order valence-electron chi connectivity index (χ3n) is 3.41. The molecule has 2 aromatic heterocycles. The Labute approximate surface area is 116 Å². The number of nitrogens with zero attached hydrogens (tertiary/aromatic N) is 6. The van der Waals surface area contributed by atoms with Gasteiger partial charge in [0, 0.05) is 38.3 Å². The van der Waals surface area contributed by atoms with Crippen molar-refractivity contribution in [3.8, 4) is 6.07 Å². The van der Waals surface area contributed by atoms with Gasteiger partial charge in [-0.2, -0.15) is 10.2 Å². The molecule has 7 heteroatoms. The predicted molar refractivity (Wildman–Crippen MR) is 70.0 cm³/mol. The molecule has 1 aliphatic rings. The zero-order valence-electron chi connectivity index (χ0n) is 11.2. The Balaban J connectivity index is 1.83. The van der Waals surface area contributed by atoms with E-state index in [1.165, 1.54) is 6.20 Å². The Morgan fingerprint density at radius 3 is 3.00 bits per heavy atom. The van der Waals surface area contributed by atoms with Crippen molar-refractivity contribution in [2.24, 2.45) is 0 Å². The van der Waals surface area contributed by atoms with E-state index in [1.54, 1.807) is 13.1 Å². The molecule has 3 heterocycles. The van der Waals surface area contributed by atoms with E-state index in [1.807, 2.05) is 0 Å².